The molecule has 0 amide bonds. The van der Waals surface area contributed by atoms with E-state index in [1.165, 1.54) is 6.92 Å². The van der Waals surface area contributed by atoms with Gasteiger partial charge in [0, 0.05) is 19.2 Å². The quantitative estimate of drug-likeness (QED) is 0.329. The van der Waals surface area contributed by atoms with E-state index in [4.69, 9.17) is 18.0 Å². The van der Waals surface area contributed by atoms with E-state index in [2.05, 4.69) is 11.1 Å². The van der Waals surface area contributed by atoms with Gasteiger partial charge in [0.2, 0.25) is 0 Å². The fourth-order valence-electron chi connectivity index (χ4n) is 6.45. The van der Waals surface area contributed by atoms with Crippen LogP contribution in [0.4, 0.5) is 0 Å². The van der Waals surface area contributed by atoms with Crippen LogP contribution in [-0.4, -0.2) is 22.5 Å². The van der Waals surface area contributed by atoms with Gasteiger partial charge in [-0.15, -0.1) is 6.42 Å². The zero-order chi connectivity index (χ0) is 24.6. The molecule has 4 aliphatic rings. The summed E-state index contributed by atoms with van der Waals surface area (Å²) in [6.07, 6.45) is 4.27. The first-order valence-corrected chi connectivity index (χ1v) is 9.87. The van der Waals surface area contributed by atoms with Gasteiger partial charge in [0.25, 0.3) is 0 Å². The minimum Gasteiger partial charge on any atom is -0.445 e. The molecular formula is C23H31NO3. The lowest BCUT2D eigenvalue weighted by atomic mass is 9.49. The van der Waals surface area contributed by atoms with Crippen LogP contribution in [0.5, 0.6) is 0 Å². The fourth-order valence-corrected chi connectivity index (χ4v) is 6.45. The average molecular weight is 376 g/mol. The van der Waals surface area contributed by atoms with E-state index >= 15 is 0 Å². The SMILES string of the molecule is [2H]C1=C2C([2H])([2H])C[C@H]3[C@@H]4CC[C@](C#C)(OC(C)=O)[C@@]4(CC)CC[C@@H]3[C@@]2([2H])CC([2H])([2H])/C1=N/O. The van der Waals surface area contributed by atoms with E-state index in [0.29, 0.717) is 32.1 Å². The van der Waals surface area contributed by atoms with Gasteiger partial charge >= 0.3 is 5.97 Å². The molecule has 0 bridgehead atoms. The van der Waals surface area contributed by atoms with Crippen LogP contribution in [0, 0.1) is 41.4 Å². The summed E-state index contributed by atoms with van der Waals surface area (Å²) < 4.78 is 58.1. The number of esters is 1. The maximum atomic E-state index is 12.0. The third-order valence-corrected chi connectivity index (χ3v) is 7.51. The Morgan fingerprint density at radius 2 is 2.26 bits per heavy atom. The average Bonchev–Trinajstić information content (AvgIpc) is 3.01. The highest BCUT2D eigenvalue weighted by atomic mass is 16.6. The molecule has 0 heterocycles. The van der Waals surface area contributed by atoms with Crippen molar-refractivity contribution in [1.82, 2.24) is 0 Å². The second-order valence-corrected chi connectivity index (χ2v) is 8.24. The van der Waals surface area contributed by atoms with E-state index < -0.39 is 47.4 Å². The van der Waals surface area contributed by atoms with Gasteiger partial charge in [-0.1, -0.05) is 23.6 Å². The molecule has 4 heteroatoms. The Labute approximate surface area is 170 Å². The normalized spacial score (nSPS) is 54.6. The van der Waals surface area contributed by atoms with Crippen LogP contribution in [0.15, 0.2) is 16.8 Å². The van der Waals surface area contributed by atoms with Gasteiger partial charge in [-0.05, 0) is 87.4 Å². The molecule has 0 aromatic carbocycles. The molecule has 0 aromatic heterocycles. The molecule has 0 aromatic rings. The molecule has 3 fully saturated rings. The summed E-state index contributed by atoms with van der Waals surface area (Å²) in [5.41, 5.74) is -2.19. The maximum Gasteiger partial charge on any atom is 0.304 e. The topological polar surface area (TPSA) is 58.9 Å². The zero-order valence-electron chi connectivity index (χ0n) is 22.0. The number of ether oxygens (including phenoxy) is 1. The Balaban J connectivity index is 1.85. The molecule has 4 nitrogen and oxygen atoms in total. The van der Waals surface area contributed by atoms with Crippen LogP contribution < -0.4 is 0 Å². The molecule has 146 valence electrons. The smallest absolute Gasteiger partial charge is 0.304 e. The van der Waals surface area contributed by atoms with Crippen LogP contribution in [-0.2, 0) is 9.53 Å². The lowest BCUT2D eigenvalue weighted by molar-refractivity contribution is -0.170. The molecule has 27 heavy (non-hydrogen) atoms. The lowest BCUT2D eigenvalue weighted by Gasteiger charge is -2.56. The third-order valence-electron chi connectivity index (χ3n) is 7.51. The van der Waals surface area contributed by atoms with E-state index in [1.807, 2.05) is 6.92 Å². The van der Waals surface area contributed by atoms with Crippen LogP contribution in [0.25, 0.3) is 0 Å². The van der Waals surface area contributed by atoms with Crippen LogP contribution in [0.1, 0.15) is 79.8 Å². The molecule has 0 saturated heterocycles. The van der Waals surface area contributed by atoms with E-state index in [1.54, 1.807) is 0 Å². The van der Waals surface area contributed by atoms with Crippen molar-refractivity contribution in [3.63, 3.8) is 0 Å². The van der Waals surface area contributed by atoms with Gasteiger partial charge in [-0.2, -0.15) is 0 Å². The highest BCUT2D eigenvalue weighted by Crippen LogP contribution is 2.67. The van der Waals surface area contributed by atoms with Crippen molar-refractivity contribution in [3.05, 3.63) is 11.6 Å². The van der Waals surface area contributed by atoms with Crippen molar-refractivity contribution in [2.24, 2.45) is 34.2 Å². The van der Waals surface area contributed by atoms with Gasteiger partial charge in [0.1, 0.15) is 0 Å². The standard InChI is InChI=1S/C23H31NO3/c1-4-22-12-10-19-18-9-7-17(24-26)14-16(18)6-8-20(19)21(22)11-13-23(22,5-2)27-15(3)25/h2,14,18-21,26H,4,6-13H2,1,3H3/b24-17-/t18-,19+,20+,21-,22-,23-/m0/s1/i6D2,7D2,14D,18D. The van der Waals surface area contributed by atoms with Crippen LogP contribution >= 0.6 is 0 Å². The van der Waals surface area contributed by atoms with Gasteiger partial charge in [0.05, 0.1) is 7.08 Å². The monoisotopic (exact) mass is 375 g/mol. The van der Waals surface area contributed by atoms with Crippen molar-refractivity contribution in [1.29, 1.82) is 0 Å². The number of terminal acetylenes is 1. The predicted octanol–water partition coefficient (Wildman–Crippen LogP) is 4.71. The summed E-state index contributed by atoms with van der Waals surface area (Å²) in [6.45, 7) is 3.36. The largest absolute Gasteiger partial charge is 0.445 e. The van der Waals surface area contributed by atoms with Crippen molar-refractivity contribution in [2.75, 3.05) is 0 Å². The zero-order valence-corrected chi connectivity index (χ0v) is 16.0. The molecule has 4 aliphatic carbocycles. The number of hydrogen-bond acceptors (Lipinski definition) is 4. The number of fused-ring (bicyclic) bond motifs is 5. The Hall–Kier alpha value is -1.76. The van der Waals surface area contributed by atoms with Crippen LogP contribution in [0.3, 0.4) is 0 Å². The Kier molecular flexibility index (Phi) is 3.13. The molecule has 0 radical (unpaired) electrons. The van der Waals surface area contributed by atoms with Crippen molar-refractivity contribution >= 4 is 11.7 Å². The molecule has 0 aliphatic heterocycles. The number of carbonyl (C=O) groups is 1. The van der Waals surface area contributed by atoms with Gasteiger partial charge in [-0.3, -0.25) is 4.79 Å². The fraction of sp³-hybridized carbons (Fsp3) is 0.739. The number of allylic oxidation sites excluding steroid dienone is 2. The summed E-state index contributed by atoms with van der Waals surface area (Å²) in [5.74, 6) is -0.0102. The summed E-state index contributed by atoms with van der Waals surface area (Å²) in [5, 5.41) is 12.4. The second-order valence-electron chi connectivity index (χ2n) is 8.24. The van der Waals surface area contributed by atoms with Crippen molar-refractivity contribution < 1.29 is 23.0 Å². The number of nitrogens with zero attached hydrogens (tertiary/aromatic N) is 1. The van der Waals surface area contributed by atoms with E-state index in [9.17, 15) is 11.4 Å². The highest BCUT2D eigenvalue weighted by Gasteiger charge is 2.65. The second kappa shape index (κ2) is 6.69. The first kappa shape index (κ1) is 12.6. The molecule has 0 spiro atoms. The molecule has 3 saturated carbocycles. The Morgan fingerprint density at radius 3 is 2.93 bits per heavy atom. The third kappa shape index (κ3) is 2.57. The summed E-state index contributed by atoms with van der Waals surface area (Å²) >= 11 is 0. The van der Waals surface area contributed by atoms with Crippen LogP contribution in [0.2, 0.25) is 0 Å². The molecular weight excluding hydrogens is 338 g/mol. The predicted molar refractivity (Wildman–Crippen MR) is 104 cm³/mol. The minimum absolute atomic E-state index is 0.0743. The van der Waals surface area contributed by atoms with E-state index in [-0.39, 0.29) is 36.2 Å². The number of rotatable bonds is 2. The summed E-state index contributed by atoms with van der Waals surface area (Å²) in [4.78, 5) is 12.0. The molecule has 6 atom stereocenters. The Bertz CT molecular complexity index is 987. The lowest BCUT2D eigenvalue weighted by Crippen LogP contribution is -2.55. The molecule has 4 rings (SSSR count). The highest BCUT2D eigenvalue weighted by molar-refractivity contribution is 5.96. The summed E-state index contributed by atoms with van der Waals surface area (Å²) in [7, 11) is 0. The number of carbonyl (C=O) groups excluding carboxylic acids is 1. The number of hydrogen-bond donors (Lipinski definition) is 1. The number of oxime groups is 1. The van der Waals surface area contributed by atoms with Crippen molar-refractivity contribution in [3.8, 4) is 12.3 Å². The molecule has 1 N–H and O–H groups in total. The first-order chi connectivity index (χ1) is 15.2. The van der Waals surface area contributed by atoms with E-state index in [0.717, 1.165) is 0 Å². The maximum absolute atomic E-state index is 12.0. The first-order valence-electron chi connectivity index (χ1n) is 12.9. The minimum atomic E-state index is -2.22. The van der Waals surface area contributed by atoms with Gasteiger partial charge in [0.15, 0.2) is 5.60 Å². The molecule has 0 unspecified atom stereocenters. The van der Waals surface area contributed by atoms with Gasteiger partial charge in [-0.25, -0.2) is 0 Å². The van der Waals surface area contributed by atoms with Crippen molar-refractivity contribution in [2.45, 2.75) is 77.1 Å². The van der Waals surface area contributed by atoms with Gasteiger partial charge < -0.3 is 9.94 Å². The summed E-state index contributed by atoms with van der Waals surface area (Å²) in [6, 6.07) is -0.496. The Morgan fingerprint density at radius 1 is 1.44 bits per heavy atom.